The van der Waals surface area contributed by atoms with Gasteiger partial charge in [0.1, 0.15) is 11.4 Å². The van der Waals surface area contributed by atoms with Crippen LogP contribution < -0.4 is 0 Å². The summed E-state index contributed by atoms with van der Waals surface area (Å²) in [6.07, 6.45) is 4.98. The monoisotopic (exact) mass is 428 g/mol. The van der Waals surface area contributed by atoms with Gasteiger partial charge in [0.2, 0.25) is 0 Å². The summed E-state index contributed by atoms with van der Waals surface area (Å²) in [5, 5.41) is 18.9. The number of ether oxygens (including phenoxy) is 1. The first-order valence-electron chi connectivity index (χ1n) is 11.5. The van der Waals surface area contributed by atoms with Crippen LogP contribution in [0.4, 0.5) is 4.79 Å². The molecule has 31 heavy (non-hydrogen) atoms. The Balaban J connectivity index is 1.63. The molecule has 3 aliphatic heterocycles. The minimum atomic E-state index is -0.812. The first-order chi connectivity index (χ1) is 14.7. The van der Waals surface area contributed by atoms with Gasteiger partial charge >= 0.3 is 6.09 Å². The fourth-order valence-electron chi connectivity index (χ4n) is 5.06. The smallest absolute Gasteiger partial charge is 0.410 e. The van der Waals surface area contributed by atoms with E-state index in [4.69, 9.17) is 4.74 Å². The van der Waals surface area contributed by atoms with Gasteiger partial charge in [0, 0.05) is 25.7 Å². The molecule has 0 radical (unpaired) electrons. The fraction of sp³-hybridized carbons (Fsp3) is 0.826. The summed E-state index contributed by atoms with van der Waals surface area (Å²) < 4.78 is 5.52. The highest BCUT2D eigenvalue weighted by Gasteiger charge is 2.39. The molecule has 0 spiro atoms. The van der Waals surface area contributed by atoms with Crippen LogP contribution in [0.3, 0.4) is 0 Å². The summed E-state index contributed by atoms with van der Waals surface area (Å²) in [5.74, 6) is 0.220. The van der Waals surface area contributed by atoms with Crippen molar-refractivity contribution in [3.05, 3.63) is 0 Å². The van der Waals surface area contributed by atoms with Crippen molar-refractivity contribution in [3.8, 4) is 12.1 Å². The number of carbonyl (C=O) groups excluding carboxylic acids is 1. The molecular weight excluding hydrogens is 392 g/mol. The van der Waals surface area contributed by atoms with Crippen molar-refractivity contribution in [1.82, 2.24) is 14.7 Å². The molecule has 0 bridgehead atoms. The SMILES string of the molecule is CN1CCCC1CCN1C(C(C#N)C#N)=NCC1C1CCN(C(=O)OC(C)(C)C)CC1. The number of hydrogen-bond acceptors (Lipinski definition) is 7. The van der Waals surface area contributed by atoms with Gasteiger partial charge in [-0.1, -0.05) is 0 Å². The van der Waals surface area contributed by atoms with Gasteiger partial charge in [0.25, 0.3) is 0 Å². The van der Waals surface area contributed by atoms with Gasteiger partial charge in [0.15, 0.2) is 5.92 Å². The number of carbonyl (C=O) groups is 1. The lowest BCUT2D eigenvalue weighted by Crippen LogP contribution is -2.49. The Morgan fingerprint density at radius 1 is 1.19 bits per heavy atom. The Kier molecular flexibility index (Phi) is 7.43. The maximum atomic E-state index is 12.4. The molecular formula is C23H36N6O2. The topological polar surface area (TPSA) is 96.0 Å². The lowest BCUT2D eigenvalue weighted by Gasteiger charge is -2.39. The predicted molar refractivity (Wildman–Crippen MR) is 118 cm³/mol. The van der Waals surface area contributed by atoms with Crippen LogP contribution in [0.15, 0.2) is 4.99 Å². The molecule has 2 unspecified atom stereocenters. The van der Waals surface area contributed by atoms with Gasteiger partial charge in [-0.3, -0.25) is 4.99 Å². The van der Waals surface area contributed by atoms with Crippen LogP contribution in [0, 0.1) is 34.5 Å². The minimum absolute atomic E-state index is 0.201. The zero-order valence-corrected chi connectivity index (χ0v) is 19.4. The van der Waals surface area contributed by atoms with Gasteiger partial charge in [0.05, 0.1) is 24.7 Å². The largest absolute Gasteiger partial charge is 0.444 e. The Morgan fingerprint density at radius 3 is 2.42 bits per heavy atom. The number of aliphatic imine (C=N–C) groups is 1. The first kappa shape index (κ1) is 23.3. The van der Waals surface area contributed by atoms with E-state index >= 15 is 0 Å². The maximum Gasteiger partial charge on any atom is 0.410 e. The molecule has 170 valence electrons. The highest BCUT2D eigenvalue weighted by Crippen LogP contribution is 2.31. The molecule has 0 saturated carbocycles. The van der Waals surface area contributed by atoms with Crippen LogP contribution in [0.25, 0.3) is 0 Å². The zero-order chi connectivity index (χ0) is 22.6. The van der Waals surface area contributed by atoms with Gasteiger partial charge in [-0.15, -0.1) is 0 Å². The van der Waals surface area contributed by atoms with Crippen LogP contribution >= 0.6 is 0 Å². The summed E-state index contributed by atoms with van der Waals surface area (Å²) in [6.45, 7) is 9.59. The first-order valence-corrected chi connectivity index (χ1v) is 11.5. The van der Waals surface area contributed by atoms with Crippen molar-refractivity contribution in [2.75, 3.05) is 39.8 Å². The van der Waals surface area contributed by atoms with Crippen molar-refractivity contribution < 1.29 is 9.53 Å². The molecule has 1 amide bonds. The standard InChI is InChI=1S/C23H36N6O2/c1-23(2,3)31-22(30)28-11-7-17(8-12-28)20-16-26-21(18(14-24)15-25)29(20)13-9-19-6-5-10-27(19)4/h17-20H,5-13,16H2,1-4H3. The summed E-state index contributed by atoms with van der Waals surface area (Å²) >= 11 is 0. The fourth-order valence-corrected chi connectivity index (χ4v) is 5.06. The second-order valence-corrected chi connectivity index (χ2v) is 10.0. The maximum absolute atomic E-state index is 12.4. The van der Waals surface area contributed by atoms with Crippen molar-refractivity contribution in [2.24, 2.45) is 16.8 Å². The second kappa shape index (κ2) is 9.87. The highest BCUT2D eigenvalue weighted by molar-refractivity contribution is 5.90. The van der Waals surface area contributed by atoms with E-state index in [0.717, 1.165) is 32.4 Å². The molecule has 3 aliphatic rings. The van der Waals surface area contributed by atoms with Crippen molar-refractivity contribution >= 4 is 11.9 Å². The van der Waals surface area contributed by atoms with Crippen LogP contribution in [0.1, 0.15) is 52.9 Å². The Bertz CT molecular complexity index is 739. The van der Waals surface area contributed by atoms with Crippen LogP contribution in [-0.4, -0.2) is 84.1 Å². The third-order valence-electron chi connectivity index (χ3n) is 6.76. The Labute approximate surface area is 186 Å². The number of likely N-dealkylation sites (tertiary alicyclic amines) is 2. The number of hydrogen-bond donors (Lipinski definition) is 0. The van der Waals surface area contributed by atoms with Gasteiger partial charge in [-0.05, 0) is 72.4 Å². The van der Waals surface area contributed by atoms with E-state index in [9.17, 15) is 15.3 Å². The Morgan fingerprint density at radius 2 is 1.87 bits per heavy atom. The number of piperidine rings is 1. The molecule has 2 fully saturated rings. The zero-order valence-electron chi connectivity index (χ0n) is 19.4. The lowest BCUT2D eigenvalue weighted by molar-refractivity contribution is 0.0155. The molecule has 8 heteroatoms. The van der Waals surface area contributed by atoms with E-state index < -0.39 is 11.5 Å². The van der Waals surface area contributed by atoms with Gasteiger partial charge < -0.3 is 19.4 Å². The van der Waals surface area contributed by atoms with Crippen LogP contribution in [0.5, 0.6) is 0 Å². The molecule has 2 atom stereocenters. The molecule has 3 rings (SSSR count). The Hall–Kier alpha value is -2.32. The van der Waals surface area contributed by atoms with Crippen molar-refractivity contribution in [3.63, 3.8) is 0 Å². The second-order valence-electron chi connectivity index (χ2n) is 10.0. The average Bonchev–Trinajstić information content (AvgIpc) is 3.32. The lowest BCUT2D eigenvalue weighted by atomic mass is 9.88. The molecule has 0 N–H and O–H groups in total. The van der Waals surface area contributed by atoms with E-state index in [2.05, 4.69) is 34.0 Å². The minimum Gasteiger partial charge on any atom is -0.444 e. The summed E-state index contributed by atoms with van der Waals surface area (Å²) in [7, 11) is 2.17. The molecule has 0 aliphatic carbocycles. The molecule has 2 saturated heterocycles. The van der Waals surface area contributed by atoms with E-state index in [-0.39, 0.29) is 12.1 Å². The van der Waals surface area contributed by atoms with Crippen molar-refractivity contribution in [1.29, 1.82) is 10.5 Å². The van der Waals surface area contributed by atoms with E-state index in [1.165, 1.54) is 12.8 Å². The highest BCUT2D eigenvalue weighted by atomic mass is 16.6. The number of amidine groups is 1. The molecule has 0 aromatic heterocycles. The van der Waals surface area contributed by atoms with Gasteiger partial charge in [-0.2, -0.15) is 10.5 Å². The number of amides is 1. The molecule has 0 aromatic rings. The summed E-state index contributed by atoms with van der Waals surface area (Å²) in [5.41, 5.74) is -0.490. The number of nitrogens with zero attached hydrogens (tertiary/aromatic N) is 6. The quantitative estimate of drug-likeness (QED) is 0.668. The number of nitriles is 2. The number of rotatable bonds is 5. The summed E-state index contributed by atoms with van der Waals surface area (Å²) in [4.78, 5) is 23.5. The van der Waals surface area contributed by atoms with Crippen molar-refractivity contribution in [2.45, 2.75) is 70.6 Å². The van der Waals surface area contributed by atoms with E-state index in [1.54, 1.807) is 4.90 Å². The molecule has 0 aromatic carbocycles. The van der Waals surface area contributed by atoms with Gasteiger partial charge in [-0.25, -0.2) is 4.79 Å². The predicted octanol–water partition coefficient (Wildman–Crippen LogP) is 2.86. The van der Waals surface area contributed by atoms with E-state index in [0.29, 0.717) is 37.4 Å². The van der Waals surface area contributed by atoms with E-state index in [1.807, 2.05) is 20.8 Å². The van der Waals surface area contributed by atoms with Crippen LogP contribution in [-0.2, 0) is 4.74 Å². The molecule has 8 nitrogen and oxygen atoms in total. The van der Waals surface area contributed by atoms with Crippen LogP contribution in [0.2, 0.25) is 0 Å². The normalized spacial score (nSPS) is 25.5. The third-order valence-corrected chi connectivity index (χ3v) is 6.76. The third kappa shape index (κ3) is 5.68. The average molecular weight is 429 g/mol. The summed E-state index contributed by atoms with van der Waals surface area (Å²) in [6, 6.07) is 4.98. The molecule has 3 heterocycles.